The number of oxime groups is 1. The Morgan fingerprint density at radius 3 is 2.59 bits per heavy atom. The van der Waals surface area contributed by atoms with E-state index in [1.807, 2.05) is 29.6 Å². The van der Waals surface area contributed by atoms with Gasteiger partial charge in [-0.2, -0.15) is 5.10 Å². The standard InChI is InChI=1S/C25H27F4N5O2S/c26-23(27)19-11-21(24(28)29)34(31-19)10-9-33-7-5-15(6-8-33)25-30-20(14-37-25)18-12-22(36-32-18)17-4-2-1-3-16(17)13-35/h1-4,11,14-15,22-24,35H,5-10,12-13H2. The Morgan fingerprint density at radius 1 is 1.08 bits per heavy atom. The Bertz CT molecular complexity index is 1240. The van der Waals surface area contributed by atoms with E-state index in [-0.39, 0.29) is 25.2 Å². The van der Waals surface area contributed by atoms with Crippen LogP contribution in [0.15, 0.2) is 40.9 Å². The summed E-state index contributed by atoms with van der Waals surface area (Å²) in [7, 11) is 0. The third-order valence-corrected chi connectivity index (χ3v) is 7.91. The molecule has 198 valence electrons. The van der Waals surface area contributed by atoms with Gasteiger partial charge < -0.3 is 14.8 Å². The third kappa shape index (κ3) is 5.70. The molecule has 0 saturated carbocycles. The molecule has 1 aromatic carbocycles. The summed E-state index contributed by atoms with van der Waals surface area (Å²) in [4.78, 5) is 12.6. The van der Waals surface area contributed by atoms with Crippen LogP contribution in [0.4, 0.5) is 17.6 Å². The highest BCUT2D eigenvalue weighted by Crippen LogP contribution is 2.35. The molecule has 37 heavy (non-hydrogen) atoms. The Kier molecular flexibility index (Phi) is 7.87. The highest BCUT2D eigenvalue weighted by atomic mass is 32.1. The van der Waals surface area contributed by atoms with Crippen LogP contribution in [-0.4, -0.2) is 50.1 Å². The number of halogens is 4. The number of rotatable bonds is 9. The second-order valence-corrected chi connectivity index (χ2v) is 10.1. The fraction of sp³-hybridized carbons (Fsp3) is 0.480. The van der Waals surface area contributed by atoms with Crippen molar-refractivity contribution in [3.8, 4) is 0 Å². The predicted molar refractivity (Wildman–Crippen MR) is 130 cm³/mol. The Labute approximate surface area is 215 Å². The third-order valence-electron chi connectivity index (χ3n) is 6.90. The number of hydrogen-bond acceptors (Lipinski definition) is 7. The SMILES string of the molecule is OCc1ccccc1C1CC(c2csc(C3CCN(CCn4nc(C(F)F)cc4C(F)F)CC3)n2)=NO1. The second kappa shape index (κ2) is 11.3. The van der Waals surface area contributed by atoms with Crippen molar-refractivity contribution in [1.82, 2.24) is 19.7 Å². The number of thiazole rings is 1. The van der Waals surface area contributed by atoms with Crippen molar-refractivity contribution < 1.29 is 27.5 Å². The number of alkyl halides is 4. The maximum atomic E-state index is 13.2. The van der Waals surface area contributed by atoms with Crippen LogP contribution in [0.5, 0.6) is 0 Å². The maximum Gasteiger partial charge on any atom is 0.282 e. The lowest BCUT2D eigenvalue weighted by Crippen LogP contribution is -2.35. The number of aliphatic hydroxyl groups is 1. The molecular weight excluding hydrogens is 510 g/mol. The lowest BCUT2D eigenvalue weighted by atomic mass is 9.97. The molecule has 1 fully saturated rings. The zero-order valence-electron chi connectivity index (χ0n) is 19.9. The quantitative estimate of drug-likeness (QED) is 0.368. The van der Waals surface area contributed by atoms with Gasteiger partial charge >= 0.3 is 0 Å². The average Bonchev–Trinajstić information content (AvgIpc) is 3.67. The van der Waals surface area contributed by atoms with E-state index in [1.165, 1.54) is 0 Å². The normalized spacial score (nSPS) is 19.1. The van der Waals surface area contributed by atoms with Gasteiger partial charge in [-0.1, -0.05) is 29.4 Å². The van der Waals surface area contributed by atoms with E-state index in [0.717, 1.165) is 64.2 Å². The summed E-state index contributed by atoms with van der Waals surface area (Å²) in [5.41, 5.74) is 2.25. The lowest BCUT2D eigenvalue weighted by Gasteiger charge is -2.31. The van der Waals surface area contributed by atoms with Crippen molar-refractivity contribution in [3.05, 3.63) is 68.9 Å². The van der Waals surface area contributed by atoms with Crippen LogP contribution in [0.3, 0.4) is 0 Å². The van der Waals surface area contributed by atoms with E-state index in [0.29, 0.717) is 13.0 Å². The minimum Gasteiger partial charge on any atom is -0.392 e. The van der Waals surface area contributed by atoms with Gasteiger partial charge in [-0.25, -0.2) is 22.5 Å². The molecule has 0 spiro atoms. The summed E-state index contributed by atoms with van der Waals surface area (Å²) in [6.07, 6.45) is -3.65. The molecule has 0 aliphatic carbocycles. The fourth-order valence-electron chi connectivity index (χ4n) is 4.85. The van der Waals surface area contributed by atoms with Crippen LogP contribution in [0.2, 0.25) is 0 Å². The molecular formula is C25H27F4N5O2S. The van der Waals surface area contributed by atoms with E-state index in [9.17, 15) is 22.7 Å². The largest absolute Gasteiger partial charge is 0.392 e. The Balaban J connectivity index is 1.14. The highest BCUT2D eigenvalue weighted by molar-refractivity contribution is 7.10. The van der Waals surface area contributed by atoms with Gasteiger partial charge in [0.25, 0.3) is 12.9 Å². The fourth-order valence-corrected chi connectivity index (χ4v) is 5.85. The number of benzene rings is 1. The summed E-state index contributed by atoms with van der Waals surface area (Å²) >= 11 is 1.60. The van der Waals surface area contributed by atoms with Crippen molar-refractivity contribution in [3.63, 3.8) is 0 Å². The predicted octanol–water partition coefficient (Wildman–Crippen LogP) is 5.45. The van der Waals surface area contributed by atoms with Crippen LogP contribution in [0, 0.1) is 0 Å². The molecule has 2 aliphatic heterocycles. The van der Waals surface area contributed by atoms with Crippen molar-refractivity contribution in [2.75, 3.05) is 19.6 Å². The number of aromatic nitrogens is 3. The Hall–Kier alpha value is -2.83. The van der Waals surface area contributed by atoms with Crippen LogP contribution in [0.25, 0.3) is 0 Å². The van der Waals surface area contributed by atoms with Gasteiger partial charge in [0, 0.05) is 29.8 Å². The molecule has 0 bridgehead atoms. The number of hydrogen-bond donors (Lipinski definition) is 1. The zero-order chi connectivity index (χ0) is 25.9. The lowest BCUT2D eigenvalue weighted by molar-refractivity contribution is 0.0839. The first-order valence-corrected chi connectivity index (χ1v) is 13.0. The summed E-state index contributed by atoms with van der Waals surface area (Å²) < 4.78 is 53.2. The monoisotopic (exact) mass is 537 g/mol. The van der Waals surface area contributed by atoms with Crippen LogP contribution < -0.4 is 0 Å². The number of nitrogens with zero attached hydrogens (tertiary/aromatic N) is 5. The molecule has 2 aromatic heterocycles. The van der Waals surface area contributed by atoms with Crippen molar-refractivity contribution in [1.29, 1.82) is 0 Å². The van der Waals surface area contributed by atoms with Gasteiger partial charge in [0.1, 0.15) is 17.1 Å². The number of aliphatic hydroxyl groups excluding tert-OH is 1. The minimum atomic E-state index is -2.87. The summed E-state index contributed by atoms with van der Waals surface area (Å²) in [5, 5.41) is 20.6. The molecule has 1 unspecified atom stereocenters. The molecule has 5 rings (SSSR count). The topological polar surface area (TPSA) is 75.8 Å². The highest BCUT2D eigenvalue weighted by Gasteiger charge is 2.29. The van der Waals surface area contributed by atoms with Crippen LogP contribution in [-0.2, 0) is 18.0 Å². The average molecular weight is 538 g/mol. The summed E-state index contributed by atoms with van der Waals surface area (Å²) in [5.74, 6) is 0.288. The molecule has 0 amide bonds. The molecule has 3 aromatic rings. The zero-order valence-corrected chi connectivity index (χ0v) is 20.8. The van der Waals surface area contributed by atoms with Crippen molar-refractivity contribution in [2.24, 2.45) is 5.16 Å². The summed E-state index contributed by atoms with van der Waals surface area (Å²) in [6, 6.07) is 8.39. The van der Waals surface area contributed by atoms with Gasteiger partial charge in [0.2, 0.25) is 0 Å². The molecule has 1 saturated heterocycles. The van der Waals surface area contributed by atoms with Crippen molar-refractivity contribution >= 4 is 17.0 Å². The smallest absolute Gasteiger partial charge is 0.282 e. The molecule has 2 aliphatic rings. The van der Waals surface area contributed by atoms with E-state index < -0.39 is 24.2 Å². The number of piperidine rings is 1. The van der Waals surface area contributed by atoms with Crippen LogP contribution >= 0.6 is 11.3 Å². The van der Waals surface area contributed by atoms with E-state index in [2.05, 4.69) is 15.2 Å². The first-order chi connectivity index (χ1) is 17.9. The molecule has 4 heterocycles. The number of likely N-dealkylation sites (tertiary alicyclic amines) is 1. The summed E-state index contributed by atoms with van der Waals surface area (Å²) in [6.45, 7) is 2.06. The Morgan fingerprint density at radius 2 is 1.86 bits per heavy atom. The van der Waals surface area contributed by atoms with Gasteiger partial charge in [-0.15, -0.1) is 11.3 Å². The molecule has 1 atom stereocenters. The van der Waals surface area contributed by atoms with Crippen LogP contribution in [0.1, 0.15) is 77.4 Å². The molecule has 7 nitrogen and oxygen atoms in total. The van der Waals surface area contributed by atoms with E-state index >= 15 is 0 Å². The minimum absolute atomic E-state index is 0.0585. The maximum absolute atomic E-state index is 13.2. The molecule has 1 N–H and O–H groups in total. The van der Waals surface area contributed by atoms with Crippen molar-refractivity contribution in [2.45, 2.75) is 57.3 Å². The molecule has 12 heteroatoms. The first-order valence-electron chi connectivity index (χ1n) is 12.2. The van der Waals surface area contributed by atoms with E-state index in [1.54, 1.807) is 11.3 Å². The van der Waals surface area contributed by atoms with Gasteiger partial charge in [0.05, 0.1) is 23.9 Å². The van der Waals surface area contributed by atoms with Gasteiger partial charge in [0.15, 0.2) is 6.10 Å². The first kappa shape index (κ1) is 25.8. The second-order valence-electron chi connectivity index (χ2n) is 9.20. The van der Waals surface area contributed by atoms with Gasteiger partial charge in [-0.05, 0) is 37.6 Å². The van der Waals surface area contributed by atoms with Gasteiger partial charge in [-0.3, -0.25) is 4.68 Å². The molecule has 0 radical (unpaired) electrons. The van der Waals surface area contributed by atoms with E-state index in [4.69, 9.17) is 9.82 Å².